The zero-order valence-corrected chi connectivity index (χ0v) is 11.9. The van der Waals surface area contributed by atoms with Gasteiger partial charge < -0.3 is 29.9 Å². The van der Waals surface area contributed by atoms with Crippen molar-refractivity contribution in [2.45, 2.75) is 37.6 Å². The van der Waals surface area contributed by atoms with Crippen molar-refractivity contribution in [1.82, 2.24) is 0 Å². The van der Waals surface area contributed by atoms with Gasteiger partial charge in [-0.25, -0.2) is 0 Å². The summed E-state index contributed by atoms with van der Waals surface area (Å²) in [5.41, 5.74) is 0.589. The zero-order valence-electron chi connectivity index (χ0n) is 11.9. The number of hydrogen-bond donors (Lipinski definition) is 4. The SMILES string of the molecule is CCO[C@H]1O[C@H](CO)[C@@H]([C@H](O)c2ccccc2)[C@H](O)[C@@H]1O. The van der Waals surface area contributed by atoms with E-state index in [0.717, 1.165) is 0 Å². The number of hydrogen-bond acceptors (Lipinski definition) is 6. The molecule has 1 aromatic rings. The summed E-state index contributed by atoms with van der Waals surface area (Å²) in [5, 5.41) is 40.3. The van der Waals surface area contributed by atoms with Gasteiger partial charge in [0, 0.05) is 12.5 Å². The van der Waals surface area contributed by atoms with Crippen LogP contribution in [0.25, 0.3) is 0 Å². The molecule has 1 saturated heterocycles. The molecule has 118 valence electrons. The van der Waals surface area contributed by atoms with E-state index in [0.29, 0.717) is 12.2 Å². The second-order valence-electron chi connectivity index (χ2n) is 5.09. The Hall–Kier alpha value is -1.02. The normalized spacial score (nSPS) is 34.6. The summed E-state index contributed by atoms with van der Waals surface area (Å²) in [6.07, 6.45) is -5.44. The summed E-state index contributed by atoms with van der Waals surface area (Å²) < 4.78 is 10.7. The van der Waals surface area contributed by atoms with Crippen LogP contribution >= 0.6 is 0 Å². The van der Waals surface area contributed by atoms with Gasteiger partial charge >= 0.3 is 0 Å². The van der Waals surface area contributed by atoms with Crippen LogP contribution in [0.1, 0.15) is 18.6 Å². The lowest BCUT2D eigenvalue weighted by Gasteiger charge is -2.43. The molecule has 0 unspecified atom stereocenters. The summed E-state index contributed by atoms with van der Waals surface area (Å²) in [5.74, 6) is -0.843. The molecule has 1 fully saturated rings. The third kappa shape index (κ3) is 3.42. The smallest absolute Gasteiger partial charge is 0.186 e. The van der Waals surface area contributed by atoms with Crippen LogP contribution < -0.4 is 0 Å². The molecule has 0 amide bonds. The molecule has 6 atom stereocenters. The van der Waals surface area contributed by atoms with E-state index in [-0.39, 0.29) is 6.61 Å². The fraction of sp³-hybridized carbons (Fsp3) is 0.600. The van der Waals surface area contributed by atoms with Gasteiger partial charge in [-0.3, -0.25) is 0 Å². The standard InChI is InChI=1S/C15H22O6/c1-2-20-15-14(19)13(18)11(10(8-16)21-15)12(17)9-6-4-3-5-7-9/h3-7,10-19H,2,8H2,1H3/t10-,11+,12-,13+,14+,15+/m1/s1. The highest BCUT2D eigenvalue weighted by Crippen LogP contribution is 2.35. The van der Waals surface area contributed by atoms with Crippen molar-refractivity contribution in [3.63, 3.8) is 0 Å². The van der Waals surface area contributed by atoms with E-state index in [4.69, 9.17) is 9.47 Å². The Balaban J connectivity index is 2.21. The van der Waals surface area contributed by atoms with Crippen molar-refractivity contribution < 1.29 is 29.9 Å². The Labute approximate surface area is 123 Å². The Bertz CT molecular complexity index is 423. The molecule has 1 aliphatic heterocycles. The van der Waals surface area contributed by atoms with Crippen LogP contribution in [0, 0.1) is 5.92 Å². The van der Waals surface area contributed by atoms with Gasteiger partial charge in [0.25, 0.3) is 0 Å². The predicted octanol–water partition coefficient (Wildman–Crippen LogP) is -0.188. The Morgan fingerprint density at radius 1 is 1.19 bits per heavy atom. The highest BCUT2D eigenvalue weighted by atomic mass is 16.7. The Morgan fingerprint density at radius 2 is 1.86 bits per heavy atom. The molecular weight excluding hydrogens is 276 g/mol. The quantitative estimate of drug-likeness (QED) is 0.601. The first-order chi connectivity index (χ1) is 10.1. The van der Waals surface area contributed by atoms with Crippen molar-refractivity contribution in [2.24, 2.45) is 5.92 Å². The summed E-state index contributed by atoms with van der Waals surface area (Å²) >= 11 is 0. The van der Waals surface area contributed by atoms with Crippen molar-refractivity contribution in [1.29, 1.82) is 0 Å². The summed E-state index contributed by atoms with van der Waals surface area (Å²) in [7, 11) is 0. The molecule has 6 nitrogen and oxygen atoms in total. The Kier molecular flexibility index (Phi) is 5.69. The molecule has 1 heterocycles. The van der Waals surface area contributed by atoms with E-state index in [2.05, 4.69) is 0 Å². The first-order valence-electron chi connectivity index (χ1n) is 7.07. The maximum atomic E-state index is 10.4. The fourth-order valence-corrected chi connectivity index (χ4v) is 2.68. The van der Waals surface area contributed by atoms with Crippen LogP contribution in [0.4, 0.5) is 0 Å². The minimum absolute atomic E-state index is 0.304. The van der Waals surface area contributed by atoms with Gasteiger partial charge in [-0.2, -0.15) is 0 Å². The molecule has 0 aromatic heterocycles. The van der Waals surface area contributed by atoms with Crippen LogP contribution in [0.5, 0.6) is 0 Å². The van der Waals surface area contributed by atoms with Crippen LogP contribution in [-0.2, 0) is 9.47 Å². The van der Waals surface area contributed by atoms with Gasteiger partial charge in [0.2, 0.25) is 0 Å². The monoisotopic (exact) mass is 298 g/mol. The van der Waals surface area contributed by atoms with Gasteiger partial charge in [0.05, 0.1) is 24.9 Å². The molecule has 1 aromatic carbocycles. The second-order valence-corrected chi connectivity index (χ2v) is 5.09. The van der Waals surface area contributed by atoms with Gasteiger partial charge in [-0.15, -0.1) is 0 Å². The molecule has 21 heavy (non-hydrogen) atoms. The van der Waals surface area contributed by atoms with Crippen molar-refractivity contribution >= 4 is 0 Å². The maximum Gasteiger partial charge on any atom is 0.186 e. The van der Waals surface area contributed by atoms with E-state index in [1.165, 1.54) is 0 Å². The van der Waals surface area contributed by atoms with Gasteiger partial charge in [0.15, 0.2) is 6.29 Å². The Morgan fingerprint density at radius 3 is 2.43 bits per heavy atom. The van der Waals surface area contributed by atoms with E-state index in [1.54, 1.807) is 31.2 Å². The number of ether oxygens (including phenoxy) is 2. The third-order valence-corrected chi connectivity index (χ3v) is 3.78. The first-order valence-corrected chi connectivity index (χ1v) is 7.07. The van der Waals surface area contributed by atoms with Crippen LogP contribution in [0.3, 0.4) is 0 Å². The minimum Gasteiger partial charge on any atom is -0.394 e. The molecule has 0 spiro atoms. The molecule has 0 saturated carbocycles. The molecular formula is C15H22O6. The van der Waals surface area contributed by atoms with Crippen LogP contribution in [-0.4, -0.2) is 58.2 Å². The predicted molar refractivity (Wildman–Crippen MR) is 74.3 cm³/mol. The lowest BCUT2D eigenvalue weighted by atomic mass is 9.82. The van der Waals surface area contributed by atoms with E-state index in [1.807, 2.05) is 6.07 Å². The van der Waals surface area contributed by atoms with Gasteiger partial charge in [-0.1, -0.05) is 30.3 Å². The van der Waals surface area contributed by atoms with E-state index in [9.17, 15) is 20.4 Å². The van der Waals surface area contributed by atoms with Crippen LogP contribution in [0.2, 0.25) is 0 Å². The number of benzene rings is 1. The largest absolute Gasteiger partial charge is 0.394 e. The number of rotatable bonds is 5. The number of aliphatic hydroxyl groups is 4. The van der Waals surface area contributed by atoms with Gasteiger partial charge in [0.1, 0.15) is 6.10 Å². The fourth-order valence-electron chi connectivity index (χ4n) is 2.68. The zero-order chi connectivity index (χ0) is 15.4. The molecule has 4 N–H and O–H groups in total. The van der Waals surface area contributed by atoms with E-state index >= 15 is 0 Å². The van der Waals surface area contributed by atoms with E-state index < -0.39 is 36.6 Å². The topological polar surface area (TPSA) is 99.4 Å². The first kappa shape index (κ1) is 16.4. The van der Waals surface area contributed by atoms with Gasteiger partial charge in [-0.05, 0) is 12.5 Å². The average Bonchev–Trinajstić information content (AvgIpc) is 2.52. The average molecular weight is 298 g/mol. The van der Waals surface area contributed by atoms with Crippen molar-refractivity contribution in [2.75, 3.05) is 13.2 Å². The molecule has 2 rings (SSSR count). The highest BCUT2D eigenvalue weighted by Gasteiger charge is 2.47. The summed E-state index contributed by atoms with van der Waals surface area (Å²) in [6.45, 7) is 1.65. The summed E-state index contributed by atoms with van der Waals surface area (Å²) in [6, 6.07) is 8.77. The third-order valence-electron chi connectivity index (χ3n) is 3.78. The molecule has 6 heteroatoms. The lowest BCUT2D eigenvalue weighted by molar-refractivity contribution is -0.299. The molecule has 0 aliphatic carbocycles. The van der Waals surface area contributed by atoms with Crippen molar-refractivity contribution in [3.05, 3.63) is 35.9 Å². The second kappa shape index (κ2) is 7.31. The van der Waals surface area contributed by atoms with Crippen molar-refractivity contribution in [3.8, 4) is 0 Å². The lowest BCUT2D eigenvalue weighted by Crippen LogP contribution is -2.57. The maximum absolute atomic E-state index is 10.4. The molecule has 0 radical (unpaired) electrons. The van der Waals surface area contributed by atoms with Crippen LogP contribution in [0.15, 0.2) is 30.3 Å². The minimum atomic E-state index is -1.28. The highest BCUT2D eigenvalue weighted by molar-refractivity contribution is 5.19. The molecule has 0 bridgehead atoms. The molecule has 1 aliphatic rings. The number of aliphatic hydroxyl groups excluding tert-OH is 4. The summed E-state index contributed by atoms with van der Waals surface area (Å²) in [4.78, 5) is 0.